The number of hydrogen-bond acceptors (Lipinski definition) is 3. The lowest BCUT2D eigenvalue weighted by Crippen LogP contribution is -2.30. The third-order valence-electron chi connectivity index (χ3n) is 1.84. The minimum absolute atomic E-state index is 0.172. The normalized spacial score (nSPS) is 30.6. The van der Waals surface area contributed by atoms with Gasteiger partial charge in [0.25, 0.3) is 0 Å². The Labute approximate surface area is 77.8 Å². The Morgan fingerprint density at radius 2 is 2.62 bits per heavy atom. The maximum atomic E-state index is 10.4. The van der Waals surface area contributed by atoms with Gasteiger partial charge >= 0.3 is 5.97 Å². The Kier molecular flexibility index (Phi) is 2.74. The van der Waals surface area contributed by atoms with Crippen LogP contribution in [0.25, 0.3) is 0 Å². The van der Waals surface area contributed by atoms with Gasteiger partial charge in [0, 0.05) is 0 Å². The van der Waals surface area contributed by atoms with Crippen molar-refractivity contribution < 1.29 is 16.4 Å². The van der Waals surface area contributed by atoms with Gasteiger partial charge in [0.15, 0.2) is 0 Å². The molecule has 1 rings (SSSR count). The second-order valence-corrected chi connectivity index (χ2v) is 2.96. The molecule has 13 heavy (non-hydrogen) atoms. The molecule has 0 spiro atoms. The molecule has 0 fully saturated rings. The van der Waals surface area contributed by atoms with Gasteiger partial charge in [0.1, 0.15) is 6.04 Å². The zero-order valence-corrected chi connectivity index (χ0v) is 7.10. The number of carbonyl (C=O) groups is 1. The van der Waals surface area contributed by atoms with Crippen molar-refractivity contribution in [2.75, 3.05) is 0 Å². The predicted molar refractivity (Wildman–Crippen MR) is 48.1 cm³/mol. The molecule has 4 N–H and O–H groups in total. The molecule has 0 saturated carbocycles. The first-order chi connectivity index (χ1) is 6.41. The molecule has 0 aromatic heterocycles. The number of rotatable bonds is 3. The Hall–Kier alpha value is -1.13. The summed E-state index contributed by atoms with van der Waals surface area (Å²) in [6.45, 7) is 0. The predicted octanol–water partition coefficient (Wildman–Crippen LogP) is 0.0356. The second-order valence-electron chi connectivity index (χ2n) is 2.96. The smallest absolute Gasteiger partial charge is 0.320 e. The maximum Gasteiger partial charge on any atom is 0.320 e. The van der Waals surface area contributed by atoms with E-state index in [0.29, 0.717) is 0 Å². The summed E-state index contributed by atoms with van der Waals surface area (Å²) < 4.78 is 7.26. The van der Waals surface area contributed by atoms with Crippen LogP contribution in [0, 0.1) is 0 Å². The quantitative estimate of drug-likeness (QED) is 0.578. The van der Waals surface area contributed by atoms with Crippen LogP contribution in [0.15, 0.2) is 23.8 Å². The molecular weight excluding hydrogens is 170 g/mol. The molecule has 0 bridgehead atoms. The van der Waals surface area contributed by atoms with Crippen molar-refractivity contribution in [3.05, 3.63) is 23.8 Å². The summed E-state index contributed by atoms with van der Waals surface area (Å²) in [5, 5.41) is 17.8. The summed E-state index contributed by atoms with van der Waals surface area (Å²) in [5.74, 6) is -1.05. The fourth-order valence-electron chi connectivity index (χ4n) is 1.07. The summed E-state index contributed by atoms with van der Waals surface area (Å²) in [6.07, 6.45) is 3.34. The third-order valence-corrected chi connectivity index (χ3v) is 1.84. The highest BCUT2D eigenvalue weighted by Gasteiger charge is 2.14. The van der Waals surface area contributed by atoms with Crippen molar-refractivity contribution in [2.24, 2.45) is 5.73 Å². The first-order valence-corrected chi connectivity index (χ1v) is 4.00. The van der Waals surface area contributed by atoms with Gasteiger partial charge in [0.05, 0.1) is 7.45 Å². The van der Waals surface area contributed by atoms with Crippen LogP contribution in [0.4, 0.5) is 0 Å². The van der Waals surface area contributed by atoms with Crippen LogP contribution in [0.1, 0.15) is 14.2 Å². The molecule has 0 heterocycles. The summed E-state index contributed by atoms with van der Waals surface area (Å²) in [5.41, 5.74) is 6.08. The fraction of sp³-hybridized carbons (Fsp3) is 0.444. The number of aliphatic hydroxyl groups is 1. The first kappa shape index (κ1) is 8.47. The highest BCUT2D eigenvalue weighted by atomic mass is 16.4. The lowest BCUT2D eigenvalue weighted by Gasteiger charge is -2.12. The van der Waals surface area contributed by atoms with Crippen LogP contribution >= 0.6 is 0 Å². The molecule has 4 nitrogen and oxygen atoms in total. The third kappa shape index (κ3) is 3.01. The van der Waals surface area contributed by atoms with E-state index in [1.54, 1.807) is 12.2 Å². The van der Waals surface area contributed by atoms with E-state index in [0.717, 1.165) is 5.57 Å². The number of allylic oxidation sites excluding steroid dienone is 1. The van der Waals surface area contributed by atoms with Gasteiger partial charge in [-0.3, -0.25) is 4.79 Å². The first-order valence-electron chi connectivity index (χ1n) is 4.50. The van der Waals surface area contributed by atoms with Crippen molar-refractivity contribution >= 4 is 5.97 Å². The summed E-state index contributed by atoms with van der Waals surface area (Å²) >= 11 is 0. The molecule has 2 atom stereocenters. The molecule has 0 aliphatic heterocycles. The minimum atomic E-state index is -1.56. The van der Waals surface area contributed by atoms with Crippen LogP contribution < -0.4 is 5.73 Å². The molecular formula is C9H13NO3. The summed E-state index contributed by atoms with van der Waals surface area (Å²) in [7, 11) is 0. The number of carboxylic acids is 1. The summed E-state index contributed by atoms with van der Waals surface area (Å²) in [4.78, 5) is 10.4. The topological polar surface area (TPSA) is 83.5 Å². The van der Waals surface area contributed by atoms with Gasteiger partial charge < -0.3 is 15.9 Å². The van der Waals surface area contributed by atoms with Crippen molar-refractivity contribution in [2.45, 2.75) is 25.0 Å². The monoisotopic (exact) mass is 184 g/mol. The fourth-order valence-corrected chi connectivity index (χ4v) is 1.07. The molecule has 1 aliphatic carbocycles. The highest BCUT2D eigenvalue weighted by molar-refractivity contribution is 5.73. The lowest BCUT2D eigenvalue weighted by atomic mass is 9.99. The molecule has 1 unspecified atom stereocenters. The largest absolute Gasteiger partial charge is 0.480 e. The Morgan fingerprint density at radius 1 is 1.92 bits per heavy atom. The van der Waals surface area contributed by atoms with E-state index >= 15 is 0 Å². The Balaban J connectivity index is 2.54. The standard InChI is InChI=1S/C9H13NO3/c10-8(9(12)13)5-6-1-3-7(11)4-2-6/h1-3,7-8,11H,4-5,10H2,(H,12,13)/t7?,8-/m0/s1/i7D. The second kappa shape index (κ2) is 4.20. The average molecular weight is 184 g/mol. The molecule has 4 heteroatoms. The highest BCUT2D eigenvalue weighted by Crippen LogP contribution is 2.14. The molecule has 0 saturated heterocycles. The Morgan fingerprint density at radius 3 is 3.08 bits per heavy atom. The number of aliphatic carboxylic acids is 1. The van der Waals surface area contributed by atoms with Crippen molar-refractivity contribution in [3.8, 4) is 0 Å². The Bertz CT molecular complexity index is 296. The van der Waals surface area contributed by atoms with E-state index in [1.807, 2.05) is 0 Å². The molecule has 0 radical (unpaired) electrons. The lowest BCUT2D eigenvalue weighted by molar-refractivity contribution is -0.138. The zero-order chi connectivity index (χ0) is 10.8. The van der Waals surface area contributed by atoms with Gasteiger partial charge in [0.2, 0.25) is 0 Å². The van der Waals surface area contributed by atoms with E-state index in [9.17, 15) is 9.90 Å². The van der Waals surface area contributed by atoms with Gasteiger partial charge in [-0.15, -0.1) is 0 Å². The summed E-state index contributed by atoms with van der Waals surface area (Å²) in [6, 6.07) is -0.928. The SMILES string of the molecule is [2H]C1(O)C=CC(C[C@H](N)C(=O)O)=CC1. The molecule has 0 aromatic rings. The van der Waals surface area contributed by atoms with Gasteiger partial charge in [-0.1, -0.05) is 18.2 Å². The minimum Gasteiger partial charge on any atom is -0.480 e. The number of carboxylic acid groups (broad SMARTS) is 1. The van der Waals surface area contributed by atoms with Crippen LogP contribution in [-0.2, 0) is 4.79 Å². The molecule has 1 aliphatic rings. The number of nitrogens with two attached hydrogens (primary N) is 1. The van der Waals surface area contributed by atoms with E-state index in [4.69, 9.17) is 12.2 Å². The van der Waals surface area contributed by atoms with E-state index < -0.39 is 18.1 Å². The van der Waals surface area contributed by atoms with E-state index in [2.05, 4.69) is 0 Å². The van der Waals surface area contributed by atoms with Crippen LogP contribution in [0.3, 0.4) is 0 Å². The van der Waals surface area contributed by atoms with Gasteiger partial charge in [-0.2, -0.15) is 0 Å². The average Bonchev–Trinajstić information content (AvgIpc) is 2.08. The molecule has 0 aromatic carbocycles. The molecule has 0 amide bonds. The van der Waals surface area contributed by atoms with Gasteiger partial charge in [-0.25, -0.2) is 0 Å². The van der Waals surface area contributed by atoms with E-state index in [1.165, 1.54) is 6.08 Å². The zero-order valence-electron chi connectivity index (χ0n) is 8.10. The van der Waals surface area contributed by atoms with Crippen LogP contribution in [-0.4, -0.2) is 28.3 Å². The maximum absolute atomic E-state index is 10.4. The van der Waals surface area contributed by atoms with Gasteiger partial charge in [-0.05, 0) is 18.4 Å². The van der Waals surface area contributed by atoms with E-state index in [-0.39, 0.29) is 12.8 Å². The van der Waals surface area contributed by atoms with Crippen molar-refractivity contribution in [3.63, 3.8) is 0 Å². The molecule has 72 valence electrons. The van der Waals surface area contributed by atoms with Crippen LogP contribution in [0.5, 0.6) is 0 Å². The number of hydrogen-bond donors (Lipinski definition) is 3. The van der Waals surface area contributed by atoms with Crippen LogP contribution in [0.2, 0.25) is 0 Å². The van der Waals surface area contributed by atoms with Crippen molar-refractivity contribution in [1.29, 1.82) is 0 Å². The van der Waals surface area contributed by atoms with Crippen molar-refractivity contribution in [1.82, 2.24) is 0 Å².